The van der Waals surface area contributed by atoms with E-state index in [-0.39, 0.29) is 5.75 Å². The molecule has 0 aliphatic rings. The predicted molar refractivity (Wildman–Crippen MR) is 135 cm³/mol. The van der Waals surface area contributed by atoms with Crippen molar-refractivity contribution < 1.29 is 9.84 Å². The van der Waals surface area contributed by atoms with Gasteiger partial charge in [-0.05, 0) is 36.8 Å². The number of phenols is 1. The maximum absolute atomic E-state index is 11.3. The van der Waals surface area contributed by atoms with Gasteiger partial charge in [0, 0.05) is 28.4 Å². The van der Waals surface area contributed by atoms with E-state index in [0.717, 1.165) is 28.0 Å². The second-order valence-corrected chi connectivity index (χ2v) is 8.13. The standard InChI is InChI=1S/C29H25N3O2/c1-20-14-15-22-16-17-24(29(33)27(22)31-20)28(32-26-13-7-8-18-30-26)23-11-5-6-12-25(23)34-19-21-9-3-2-4-10-21/h2-18,28,33H,19H2,1H3,(H,30,32)/t28-/m1/s1. The highest BCUT2D eigenvalue weighted by molar-refractivity contribution is 5.86. The van der Waals surface area contributed by atoms with Crippen LogP contribution in [0.2, 0.25) is 0 Å². The van der Waals surface area contributed by atoms with Gasteiger partial charge < -0.3 is 15.2 Å². The summed E-state index contributed by atoms with van der Waals surface area (Å²) < 4.78 is 6.25. The molecule has 5 heteroatoms. The van der Waals surface area contributed by atoms with Crippen LogP contribution in [0.5, 0.6) is 11.5 Å². The van der Waals surface area contributed by atoms with Gasteiger partial charge in [0.15, 0.2) is 0 Å². The molecule has 5 nitrogen and oxygen atoms in total. The molecule has 0 saturated heterocycles. The van der Waals surface area contributed by atoms with E-state index in [1.165, 1.54) is 0 Å². The first kappa shape index (κ1) is 21.5. The summed E-state index contributed by atoms with van der Waals surface area (Å²) in [6.07, 6.45) is 1.74. The van der Waals surface area contributed by atoms with E-state index >= 15 is 0 Å². The van der Waals surface area contributed by atoms with E-state index in [4.69, 9.17) is 4.74 Å². The molecule has 0 saturated carbocycles. The molecule has 0 spiro atoms. The van der Waals surface area contributed by atoms with Crippen LogP contribution in [0.1, 0.15) is 28.4 Å². The maximum atomic E-state index is 11.3. The Balaban J connectivity index is 1.59. The number of aromatic hydroxyl groups is 1. The van der Waals surface area contributed by atoms with Gasteiger partial charge in [0.1, 0.15) is 29.4 Å². The number of nitrogens with zero attached hydrogens (tertiary/aromatic N) is 2. The van der Waals surface area contributed by atoms with E-state index in [1.54, 1.807) is 6.20 Å². The van der Waals surface area contributed by atoms with Crippen LogP contribution >= 0.6 is 0 Å². The largest absolute Gasteiger partial charge is 0.505 e. The first-order valence-electron chi connectivity index (χ1n) is 11.2. The number of rotatable bonds is 7. The molecule has 168 valence electrons. The predicted octanol–water partition coefficient (Wildman–Crippen LogP) is 6.42. The molecule has 3 aromatic carbocycles. The molecule has 2 heterocycles. The normalized spacial score (nSPS) is 11.8. The smallest absolute Gasteiger partial charge is 0.147 e. The molecule has 0 fully saturated rings. The van der Waals surface area contributed by atoms with Gasteiger partial charge in [-0.15, -0.1) is 0 Å². The van der Waals surface area contributed by atoms with Crippen LogP contribution in [0.3, 0.4) is 0 Å². The summed E-state index contributed by atoms with van der Waals surface area (Å²) >= 11 is 0. The Morgan fingerprint density at radius 1 is 0.824 bits per heavy atom. The molecule has 0 radical (unpaired) electrons. The third kappa shape index (κ3) is 4.55. The number of pyridine rings is 2. The Morgan fingerprint density at radius 3 is 2.41 bits per heavy atom. The molecule has 0 aliphatic heterocycles. The average Bonchev–Trinajstić information content (AvgIpc) is 2.88. The maximum Gasteiger partial charge on any atom is 0.147 e. The van der Waals surface area contributed by atoms with Gasteiger partial charge in [-0.3, -0.25) is 0 Å². The third-order valence-corrected chi connectivity index (χ3v) is 5.74. The molecule has 5 rings (SSSR count). The highest BCUT2D eigenvalue weighted by atomic mass is 16.5. The lowest BCUT2D eigenvalue weighted by Gasteiger charge is -2.24. The molecular weight excluding hydrogens is 422 g/mol. The molecule has 34 heavy (non-hydrogen) atoms. The summed E-state index contributed by atoms with van der Waals surface area (Å²) in [5.41, 5.74) is 4.10. The van der Waals surface area contributed by atoms with Crippen molar-refractivity contribution in [3.05, 3.63) is 126 Å². The summed E-state index contributed by atoms with van der Waals surface area (Å²) in [6, 6.07) is 31.1. The van der Waals surface area contributed by atoms with Gasteiger partial charge in [-0.2, -0.15) is 0 Å². The lowest BCUT2D eigenvalue weighted by Crippen LogP contribution is -2.15. The summed E-state index contributed by atoms with van der Waals surface area (Å²) in [5, 5.41) is 15.7. The van der Waals surface area contributed by atoms with Crippen molar-refractivity contribution in [1.82, 2.24) is 9.97 Å². The van der Waals surface area contributed by atoms with E-state index in [1.807, 2.05) is 104 Å². The lowest BCUT2D eigenvalue weighted by molar-refractivity contribution is 0.302. The zero-order valence-corrected chi connectivity index (χ0v) is 18.8. The number of benzene rings is 3. The highest BCUT2D eigenvalue weighted by Crippen LogP contribution is 2.39. The average molecular weight is 448 g/mol. The number of ether oxygens (including phenoxy) is 1. The molecule has 0 bridgehead atoms. The Morgan fingerprint density at radius 2 is 1.59 bits per heavy atom. The Kier molecular flexibility index (Phi) is 6.08. The molecule has 2 N–H and O–H groups in total. The van der Waals surface area contributed by atoms with Crippen LogP contribution < -0.4 is 10.1 Å². The van der Waals surface area contributed by atoms with Crippen LogP contribution in [0.25, 0.3) is 10.9 Å². The topological polar surface area (TPSA) is 67.3 Å². The molecule has 0 unspecified atom stereocenters. The molecular formula is C29H25N3O2. The fraction of sp³-hybridized carbons (Fsp3) is 0.103. The van der Waals surface area contributed by atoms with Crippen molar-refractivity contribution in [2.24, 2.45) is 0 Å². The van der Waals surface area contributed by atoms with Crippen molar-refractivity contribution in [3.63, 3.8) is 0 Å². The minimum atomic E-state index is -0.409. The molecule has 5 aromatic rings. The van der Waals surface area contributed by atoms with Crippen LogP contribution in [-0.4, -0.2) is 15.1 Å². The number of para-hydroxylation sites is 1. The van der Waals surface area contributed by atoms with E-state index < -0.39 is 6.04 Å². The number of aryl methyl sites for hydroxylation is 1. The number of anilines is 1. The second kappa shape index (κ2) is 9.63. The van der Waals surface area contributed by atoms with Crippen molar-refractivity contribution in [2.45, 2.75) is 19.6 Å². The molecule has 2 aromatic heterocycles. The van der Waals surface area contributed by atoms with Crippen LogP contribution in [0.4, 0.5) is 5.82 Å². The van der Waals surface area contributed by atoms with Crippen LogP contribution in [-0.2, 0) is 6.61 Å². The molecule has 0 aliphatic carbocycles. The van der Waals surface area contributed by atoms with E-state index in [0.29, 0.717) is 23.5 Å². The first-order valence-corrected chi connectivity index (χ1v) is 11.2. The Hall–Kier alpha value is -4.38. The monoisotopic (exact) mass is 447 g/mol. The zero-order chi connectivity index (χ0) is 23.3. The summed E-state index contributed by atoms with van der Waals surface area (Å²) in [4.78, 5) is 9.04. The fourth-order valence-corrected chi connectivity index (χ4v) is 4.02. The zero-order valence-electron chi connectivity index (χ0n) is 18.8. The van der Waals surface area contributed by atoms with Crippen molar-refractivity contribution in [3.8, 4) is 11.5 Å². The Bertz CT molecular complexity index is 1410. The number of hydrogen-bond donors (Lipinski definition) is 2. The van der Waals surface area contributed by atoms with Gasteiger partial charge in [0.2, 0.25) is 0 Å². The van der Waals surface area contributed by atoms with Gasteiger partial charge in [-0.25, -0.2) is 9.97 Å². The first-order chi connectivity index (χ1) is 16.7. The van der Waals surface area contributed by atoms with Crippen molar-refractivity contribution in [2.75, 3.05) is 5.32 Å². The fourth-order valence-electron chi connectivity index (χ4n) is 4.02. The van der Waals surface area contributed by atoms with Gasteiger partial charge in [-0.1, -0.05) is 72.8 Å². The third-order valence-electron chi connectivity index (χ3n) is 5.74. The summed E-state index contributed by atoms with van der Waals surface area (Å²) in [5.74, 6) is 1.58. The number of hydrogen-bond acceptors (Lipinski definition) is 5. The minimum Gasteiger partial charge on any atom is -0.505 e. The number of fused-ring (bicyclic) bond motifs is 1. The second-order valence-electron chi connectivity index (χ2n) is 8.13. The van der Waals surface area contributed by atoms with Gasteiger partial charge in [0.25, 0.3) is 0 Å². The van der Waals surface area contributed by atoms with E-state index in [9.17, 15) is 5.11 Å². The van der Waals surface area contributed by atoms with Crippen LogP contribution in [0, 0.1) is 6.92 Å². The lowest BCUT2D eigenvalue weighted by atomic mass is 9.95. The van der Waals surface area contributed by atoms with Crippen molar-refractivity contribution >= 4 is 16.7 Å². The van der Waals surface area contributed by atoms with E-state index in [2.05, 4.69) is 15.3 Å². The van der Waals surface area contributed by atoms with Crippen molar-refractivity contribution in [1.29, 1.82) is 0 Å². The summed E-state index contributed by atoms with van der Waals surface area (Å²) in [6.45, 7) is 2.36. The van der Waals surface area contributed by atoms with Gasteiger partial charge in [0.05, 0.1) is 6.04 Å². The SMILES string of the molecule is Cc1ccc2ccc([C@H](Nc3ccccn3)c3ccccc3OCc3ccccc3)c(O)c2n1. The number of phenolic OH excluding ortho intramolecular Hbond substituents is 1. The van der Waals surface area contributed by atoms with Gasteiger partial charge >= 0.3 is 0 Å². The number of aromatic nitrogens is 2. The van der Waals surface area contributed by atoms with Crippen LogP contribution in [0.15, 0.2) is 103 Å². The Labute approximate surface area is 198 Å². The quantitative estimate of drug-likeness (QED) is 0.301. The molecule has 0 amide bonds. The summed E-state index contributed by atoms with van der Waals surface area (Å²) in [7, 11) is 0. The highest BCUT2D eigenvalue weighted by Gasteiger charge is 2.23. The minimum absolute atomic E-state index is 0.146. The molecule has 1 atom stereocenters. The number of nitrogens with one attached hydrogen (secondary N) is 1.